The van der Waals surface area contributed by atoms with Crippen LogP contribution in [-0.4, -0.2) is 20.5 Å². The molecular formula is C14H14ClNO4S. The zero-order chi connectivity index (χ0) is 15.5. The van der Waals surface area contributed by atoms with Crippen molar-refractivity contribution in [3.05, 3.63) is 42.1 Å². The van der Waals surface area contributed by atoms with Crippen molar-refractivity contribution >= 4 is 19.7 Å². The Kier molecular flexibility index (Phi) is 4.69. The van der Waals surface area contributed by atoms with Gasteiger partial charge in [0.25, 0.3) is 9.05 Å². The van der Waals surface area contributed by atoms with E-state index in [0.29, 0.717) is 11.5 Å². The number of pyridine rings is 1. The molecule has 0 fully saturated rings. The molecule has 21 heavy (non-hydrogen) atoms. The number of halogens is 1. The van der Waals surface area contributed by atoms with Crippen molar-refractivity contribution in [1.82, 2.24) is 4.98 Å². The molecule has 1 heterocycles. The van der Waals surface area contributed by atoms with Crippen LogP contribution in [0.25, 0.3) is 0 Å². The largest absolute Gasteiger partial charge is 0.493 e. The molecule has 0 spiro atoms. The average Bonchev–Trinajstić information content (AvgIpc) is 2.47. The maximum Gasteiger partial charge on any atom is 0.266 e. The average molecular weight is 328 g/mol. The SMILES string of the molecule is CCc1ccc(Oc2ncccc2S(=O)(=O)Cl)c(OC)c1. The van der Waals surface area contributed by atoms with Crippen LogP contribution < -0.4 is 9.47 Å². The maximum absolute atomic E-state index is 11.5. The monoisotopic (exact) mass is 327 g/mol. The fourth-order valence-corrected chi connectivity index (χ4v) is 2.66. The second-order valence-electron chi connectivity index (χ2n) is 4.19. The highest BCUT2D eigenvalue weighted by Crippen LogP contribution is 2.34. The van der Waals surface area contributed by atoms with Crippen molar-refractivity contribution in [1.29, 1.82) is 0 Å². The summed E-state index contributed by atoms with van der Waals surface area (Å²) in [7, 11) is 2.94. The quantitative estimate of drug-likeness (QED) is 0.788. The Balaban J connectivity index is 2.44. The summed E-state index contributed by atoms with van der Waals surface area (Å²) in [5.74, 6) is 0.780. The zero-order valence-corrected chi connectivity index (χ0v) is 13.1. The van der Waals surface area contributed by atoms with E-state index in [1.165, 1.54) is 25.4 Å². The minimum Gasteiger partial charge on any atom is -0.493 e. The lowest BCUT2D eigenvalue weighted by Crippen LogP contribution is -1.99. The molecule has 2 aromatic rings. The predicted octanol–water partition coefficient (Wildman–Crippen LogP) is 3.37. The molecule has 0 amide bonds. The summed E-state index contributed by atoms with van der Waals surface area (Å²) in [6, 6.07) is 8.21. The number of methoxy groups -OCH3 is 1. The van der Waals surface area contributed by atoms with E-state index in [4.69, 9.17) is 20.2 Å². The Morgan fingerprint density at radius 1 is 1.24 bits per heavy atom. The van der Waals surface area contributed by atoms with E-state index in [-0.39, 0.29) is 10.8 Å². The summed E-state index contributed by atoms with van der Waals surface area (Å²) in [5.41, 5.74) is 1.07. The van der Waals surface area contributed by atoms with Crippen LogP contribution in [-0.2, 0) is 15.5 Å². The van der Waals surface area contributed by atoms with Gasteiger partial charge in [0.2, 0.25) is 5.88 Å². The standard InChI is InChI=1S/C14H14ClNO4S/c1-3-10-6-7-11(12(9-10)19-2)20-14-13(21(15,17)18)5-4-8-16-14/h4-9H,3H2,1-2H3. The van der Waals surface area contributed by atoms with Gasteiger partial charge in [-0.05, 0) is 36.2 Å². The number of benzene rings is 1. The van der Waals surface area contributed by atoms with E-state index in [1.807, 2.05) is 19.1 Å². The molecule has 0 aliphatic carbocycles. The van der Waals surface area contributed by atoms with Gasteiger partial charge in [-0.1, -0.05) is 13.0 Å². The molecule has 5 nitrogen and oxygen atoms in total. The van der Waals surface area contributed by atoms with Gasteiger partial charge in [-0.25, -0.2) is 13.4 Å². The molecule has 0 saturated carbocycles. The van der Waals surface area contributed by atoms with Gasteiger partial charge in [-0.3, -0.25) is 0 Å². The summed E-state index contributed by atoms with van der Waals surface area (Å²) in [6.45, 7) is 2.02. The molecule has 0 bridgehead atoms. The first-order chi connectivity index (χ1) is 9.95. The molecule has 0 saturated heterocycles. The fraction of sp³-hybridized carbons (Fsp3) is 0.214. The lowest BCUT2D eigenvalue weighted by Gasteiger charge is -2.12. The highest BCUT2D eigenvalue weighted by molar-refractivity contribution is 8.13. The number of rotatable bonds is 5. The third kappa shape index (κ3) is 3.65. The third-order valence-electron chi connectivity index (χ3n) is 2.84. The first-order valence-electron chi connectivity index (χ1n) is 6.20. The minimum atomic E-state index is -3.94. The van der Waals surface area contributed by atoms with Crippen molar-refractivity contribution in [2.24, 2.45) is 0 Å². The van der Waals surface area contributed by atoms with Gasteiger partial charge in [0.15, 0.2) is 11.5 Å². The number of aryl methyl sites for hydroxylation is 1. The highest BCUT2D eigenvalue weighted by Gasteiger charge is 2.19. The second-order valence-corrected chi connectivity index (χ2v) is 6.72. The van der Waals surface area contributed by atoms with Crippen molar-refractivity contribution in [3.8, 4) is 17.4 Å². The van der Waals surface area contributed by atoms with Crippen LogP contribution in [0.3, 0.4) is 0 Å². The van der Waals surface area contributed by atoms with Crippen molar-refractivity contribution in [3.63, 3.8) is 0 Å². The van der Waals surface area contributed by atoms with Crippen LogP contribution in [0.1, 0.15) is 12.5 Å². The Morgan fingerprint density at radius 2 is 2.00 bits per heavy atom. The van der Waals surface area contributed by atoms with Gasteiger partial charge < -0.3 is 9.47 Å². The van der Waals surface area contributed by atoms with E-state index < -0.39 is 9.05 Å². The van der Waals surface area contributed by atoms with E-state index in [0.717, 1.165) is 12.0 Å². The zero-order valence-electron chi connectivity index (χ0n) is 11.5. The van der Waals surface area contributed by atoms with E-state index in [1.54, 1.807) is 6.07 Å². The molecule has 2 rings (SSSR count). The molecule has 7 heteroatoms. The third-order valence-corrected chi connectivity index (χ3v) is 4.18. The molecule has 112 valence electrons. The second kappa shape index (κ2) is 6.32. The van der Waals surface area contributed by atoms with E-state index in [2.05, 4.69) is 4.98 Å². The minimum absolute atomic E-state index is 0.0879. The lowest BCUT2D eigenvalue weighted by molar-refractivity contribution is 0.369. The Bertz CT molecular complexity index is 746. The van der Waals surface area contributed by atoms with Crippen LogP contribution in [0.15, 0.2) is 41.4 Å². The van der Waals surface area contributed by atoms with Gasteiger partial charge in [-0.2, -0.15) is 0 Å². The number of nitrogens with zero attached hydrogens (tertiary/aromatic N) is 1. The van der Waals surface area contributed by atoms with Crippen LogP contribution in [0.4, 0.5) is 0 Å². The Hall–Kier alpha value is -1.79. The van der Waals surface area contributed by atoms with Crippen LogP contribution in [0.5, 0.6) is 17.4 Å². The van der Waals surface area contributed by atoms with Gasteiger partial charge in [0.1, 0.15) is 4.90 Å². The molecular weight excluding hydrogens is 314 g/mol. The molecule has 0 aliphatic heterocycles. The summed E-state index contributed by atoms with van der Waals surface area (Å²) in [6.07, 6.45) is 2.27. The van der Waals surface area contributed by atoms with Crippen LogP contribution in [0, 0.1) is 0 Å². The van der Waals surface area contributed by atoms with Gasteiger partial charge in [-0.15, -0.1) is 0 Å². The predicted molar refractivity (Wildman–Crippen MR) is 79.7 cm³/mol. The first kappa shape index (κ1) is 15.6. The number of hydrogen-bond donors (Lipinski definition) is 0. The highest BCUT2D eigenvalue weighted by atomic mass is 35.7. The summed E-state index contributed by atoms with van der Waals surface area (Å²) >= 11 is 0. The lowest BCUT2D eigenvalue weighted by atomic mass is 10.1. The molecule has 0 N–H and O–H groups in total. The maximum atomic E-state index is 11.5. The molecule has 0 aliphatic rings. The Morgan fingerprint density at radius 3 is 2.62 bits per heavy atom. The fourth-order valence-electron chi connectivity index (χ4n) is 1.76. The number of ether oxygens (including phenoxy) is 2. The number of aromatic nitrogens is 1. The summed E-state index contributed by atoms with van der Waals surface area (Å²) < 4.78 is 33.8. The van der Waals surface area contributed by atoms with E-state index >= 15 is 0 Å². The van der Waals surface area contributed by atoms with Gasteiger partial charge in [0.05, 0.1) is 7.11 Å². The smallest absolute Gasteiger partial charge is 0.266 e. The van der Waals surface area contributed by atoms with Gasteiger partial charge >= 0.3 is 0 Å². The first-order valence-corrected chi connectivity index (χ1v) is 8.51. The summed E-state index contributed by atoms with van der Waals surface area (Å²) in [5, 5.41) is 0. The molecule has 1 aromatic carbocycles. The molecule has 0 atom stereocenters. The topological polar surface area (TPSA) is 65.5 Å². The molecule has 1 aromatic heterocycles. The number of hydrogen-bond acceptors (Lipinski definition) is 5. The van der Waals surface area contributed by atoms with Crippen LogP contribution in [0.2, 0.25) is 0 Å². The van der Waals surface area contributed by atoms with Crippen LogP contribution >= 0.6 is 10.7 Å². The van der Waals surface area contributed by atoms with Crippen molar-refractivity contribution in [2.45, 2.75) is 18.2 Å². The molecule has 0 radical (unpaired) electrons. The normalized spacial score (nSPS) is 11.2. The van der Waals surface area contributed by atoms with Crippen molar-refractivity contribution < 1.29 is 17.9 Å². The summed E-state index contributed by atoms with van der Waals surface area (Å²) in [4.78, 5) is 3.73. The molecule has 0 unspecified atom stereocenters. The van der Waals surface area contributed by atoms with E-state index in [9.17, 15) is 8.42 Å². The van der Waals surface area contributed by atoms with Crippen molar-refractivity contribution in [2.75, 3.05) is 7.11 Å². The van der Waals surface area contributed by atoms with Gasteiger partial charge in [0, 0.05) is 16.9 Å². The Labute approximate surface area is 127 Å².